The van der Waals surface area contributed by atoms with Gasteiger partial charge in [0, 0.05) is 26.4 Å². The van der Waals surface area contributed by atoms with Gasteiger partial charge in [-0.2, -0.15) is 0 Å². The van der Waals surface area contributed by atoms with Gasteiger partial charge in [0.25, 0.3) is 0 Å². The molecule has 0 aromatic rings. The summed E-state index contributed by atoms with van der Waals surface area (Å²) in [6.07, 6.45) is 5.34. The zero-order valence-electron chi connectivity index (χ0n) is 14.4. The molecule has 0 aromatic carbocycles. The number of hydrogen-bond donors (Lipinski definition) is 0. The molecule has 0 aliphatic carbocycles. The molecule has 130 valence electrons. The lowest BCUT2D eigenvalue weighted by Gasteiger charge is -2.30. The van der Waals surface area contributed by atoms with Crippen LogP contribution in [0.4, 0.5) is 0 Å². The van der Waals surface area contributed by atoms with E-state index in [1.54, 1.807) is 7.11 Å². The van der Waals surface area contributed by atoms with E-state index in [2.05, 4.69) is 6.92 Å². The molecule has 2 bridgehead atoms. The predicted molar refractivity (Wildman–Crippen MR) is 86.1 cm³/mol. The summed E-state index contributed by atoms with van der Waals surface area (Å²) in [6, 6.07) is 0. The fourth-order valence-corrected chi connectivity index (χ4v) is 3.39. The Kier molecular flexibility index (Phi) is 6.78. The van der Waals surface area contributed by atoms with E-state index in [-0.39, 0.29) is 42.6 Å². The number of methoxy groups -OCH3 is 1. The number of carbonyl (C=O) groups excluding carboxylic acids is 2. The molecule has 1 saturated heterocycles. The molecule has 2 aliphatic rings. The molecule has 0 N–H and O–H groups in total. The Bertz CT molecular complexity index is 456. The number of cyclic esters (lactones) is 1. The van der Waals surface area contributed by atoms with E-state index in [0.717, 1.165) is 24.8 Å². The first-order valence-corrected chi connectivity index (χ1v) is 8.56. The molecule has 5 heteroatoms. The van der Waals surface area contributed by atoms with Crippen LogP contribution in [-0.4, -0.2) is 43.3 Å². The van der Waals surface area contributed by atoms with Crippen molar-refractivity contribution >= 4 is 11.8 Å². The highest BCUT2D eigenvalue weighted by Gasteiger charge is 2.31. The van der Waals surface area contributed by atoms with Crippen LogP contribution in [0.1, 0.15) is 58.8 Å². The summed E-state index contributed by atoms with van der Waals surface area (Å²) in [6.45, 7) is 4.11. The van der Waals surface area contributed by atoms with Crippen LogP contribution in [0.2, 0.25) is 0 Å². The first-order chi connectivity index (χ1) is 11.0. The lowest BCUT2D eigenvalue weighted by atomic mass is 9.96. The second-order valence-electron chi connectivity index (χ2n) is 6.66. The van der Waals surface area contributed by atoms with E-state index >= 15 is 0 Å². The minimum absolute atomic E-state index is 0.00474. The Hall–Kier alpha value is -1.20. The molecule has 4 atom stereocenters. The topological polar surface area (TPSA) is 61.8 Å². The van der Waals surface area contributed by atoms with E-state index in [9.17, 15) is 9.59 Å². The third-order valence-corrected chi connectivity index (χ3v) is 4.43. The highest BCUT2D eigenvalue weighted by atomic mass is 16.6. The van der Waals surface area contributed by atoms with Gasteiger partial charge < -0.3 is 14.2 Å². The minimum Gasteiger partial charge on any atom is -0.462 e. The predicted octanol–water partition coefficient (Wildman–Crippen LogP) is 2.96. The molecule has 5 nitrogen and oxygen atoms in total. The molecule has 0 saturated carbocycles. The summed E-state index contributed by atoms with van der Waals surface area (Å²) in [7, 11) is 1.69. The van der Waals surface area contributed by atoms with Gasteiger partial charge in [0.1, 0.15) is 11.9 Å². The van der Waals surface area contributed by atoms with Crippen molar-refractivity contribution in [3.63, 3.8) is 0 Å². The number of Topliss-reactive ketones (excluding diaryl/α,β-unsaturated/α-hetero) is 1. The summed E-state index contributed by atoms with van der Waals surface area (Å²) in [5, 5.41) is 0. The highest BCUT2D eigenvalue weighted by Crippen LogP contribution is 2.25. The van der Waals surface area contributed by atoms with Crippen molar-refractivity contribution in [2.24, 2.45) is 0 Å². The average molecular weight is 324 g/mol. The van der Waals surface area contributed by atoms with Crippen LogP contribution >= 0.6 is 0 Å². The Labute approximate surface area is 138 Å². The molecule has 1 fully saturated rings. The number of hydrogen-bond acceptors (Lipinski definition) is 5. The molecule has 0 aromatic heterocycles. The third kappa shape index (κ3) is 5.74. The number of rotatable bonds is 3. The highest BCUT2D eigenvalue weighted by molar-refractivity contribution is 5.81. The molecule has 2 heterocycles. The average Bonchev–Trinajstić information content (AvgIpc) is 2.44. The van der Waals surface area contributed by atoms with Crippen LogP contribution in [0.3, 0.4) is 0 Å². The van der Waals surface area contributed by atoms with Crippen molar-refractivity contribution in [3.05, 3.63) is 11.6 Å². The van der Waals surface area contributed by atoms with Crippen LogP contribution in [0.15, 0.2) is 11.6 Å². The summed E-state index contributed by atoms with van der Waals surface area (Å²) >= 11 is 0. The normalized spacial score (nSPS) is 35.5. The van der Waals surface area contributed by atoms with Gasteiger partial charge in [-0.05, 0) is 19.8 Å². The maximum atomic E-state index is 12.2. The van der Waals surface area contributed by atoms with E-state index < -0.39 is 0 Å². The summed E-state index contributed by atoms with van der Waals surface area (Å²) in [4.78, 5) is 24.1. The van der Waals surface area contributed by atoms with Gasteiger partial charge >= 0.3 is 5.97 Å². The van der Waals surface area contributed by atoms with Crippen LogP contribution in [-0.2, 0) is 23.8 Å². The molecule has 0 radical (unpaired) electrons. The van der Waals surface area contributed by atoms with Gasteiger partial charge in [0.05, 0.1) is 24.7 Å². The van der Waals surface area contributed by atoms with Gasteiger partial charge in [-0.15, -0.1) is 0 Å². The lowest BCUT2D eigenvalue weighted by Crippen LogP contribution is -2.35. The van der Waals surface area contributed by atoms with Crippen LogP contribution in [0, 0.1) is 0 Å². The zero-order chi connectivity index (χ0) is 16.8. The molecule has 0 amide bonds. The molecule has 23 heavy (non-hydrogen) atoms. The SMILES string of the molecule is CCC[C@H]1C[C@@H](OC)C/C(C)=C\[C@H]2CC(=O)C[C@@H](CC(=O)O1)O2. The van der Waals surface area contributed by atoms with Crippen LogP contribution < -0.4 is 0 Å². The number of esters is 1. The summed E-state index contributed by atoms with van der Waals surface area (Å²) in [5.74, 6) is -0.133. The van der Waals surface area contributed by atoms with Gasteiger partial charge in [-0.3, -0.25) is 9.59 Å². The van der Waals surface area contributed by atoms with Crippen molar-refractivity contribution in [1.29, 1.82) is 0 Å². The third-order valence-electron chi connectivity index (χ3n) is 4.43. The Morgan fingerprint density at radius 1 is 1.22 bits per heavy atom. The number of fused-ring (bicyclic) bond motifs is 2. The number of carbonyl (C=O) groups is 2. The van der Waals surface area contributed by atoms with E-state index in [1.807, 2.05) is 13.0 Å². The molecule has 2 aliphatic heterocycles. The standard InChI is InChI=1S/C18H28O5/c1-4-5-14-10-15(21-3)6-12(2)7-16-8-13(19)9-17(22-16)11-18(20)23-14/h7,14-17H,4-6,8-11H2,1-3H3/b12-7-/t14-,15-,16-,17-/m0/s1. The second kappa shape index (κ2) is 8.60. The Morgan fingerprint density at radius 3 is 2.70 bits per heavy atom. The van der Waals surface area contributed by atoms with Crippen molar-refractivity contribution in [3.8, 4) is 0 Å². The van der Waals surface area contributed by atoms with Crippen molar-refractivity contribution in [1.82, 2.24) is 0 Å². The second-order valence-corrected chi connectivity index (χ2v) is 6.66. The largest absolute Gasteiger partial charge is 0.462 e. The zero-order valence-corrected chi connectivity index (χ0v) is 14.4. The Morgan fingerprint density at radius 2 is 2.00 bits per heavy atom. The van der Waals surface area contributed by atoms with E-state index in [4.69, 9.17) is 14.2 Å². The van der Waals surface area contributed by atoms with Gasteiger partial charge in [-0.25, -0.2) is 0 Å². The van der Waals surface area contributed by atoms with Crippen molar-refractivity contribution in [2.75, 3.05) is 7.11 Å². The fourth-order valence-electron chi connectivity index (χ4n) is 3.39. The molecule has 2 rings (SSSR count). The quantitative estimate of drug-likeness (QED) is 0.590. The molecular formula is C18H28O5. The molecule has 0 spiro atoms. The molecular weight excluding hydrogens is 296 g/mol. The van der Waals surface area contributed by atoms with Crippen molar-refractivity contribution < 1.29 is 23.8 Å². The Balaban J connectivity index is 2.18. The summed E-state index contributed by atoms with van der Waals surface area (Å²) < 4.78 is 17.1. The minimum atomic E-state index is -0.363. The maximum absolute atomic E-state index is 12.2. The van der Waals surface area contributed by atoms with Gasteiger partial charge in [0.15, 0.2) is 0 Å². The van der Waals surface area contributed by atoms with Crippen molar-refractivity contribution in [2.45, 2.75) is 83.2 Å². The first kappa shape index (κ1) is 18.1. The number of ether oxygens (including phenoxy) is 3. The lowest BCUT2D eigenvalue weighted by molar-refractivity contribution is -0.157. The van der Waals surface area contributed by atoms with E-state index in [1.165, 1.54) is 0 Å². The summed E-state index contributed by atoms with van der Waals surface area (Å²) in [5.41, 5.74) is 1.15. The van der Waals surface area contributed by atoms with Crippen LogP contribution in [0.5, 0.6) is 0 Å². The maximum Gasteiger partial charge on any atom is 0.308 e. The van der Waals surface area contributed by atoms with Gasteiger partial charge in [0.2, 0.25) is 0 Å². The molecule has 0 unspecified atom stereocenters. The van der Waals surface area contributed by atoms with Gasteiger partial charge in [-0.1, -0.05) is 25.0 Å². The number of ketones is 1. The van der Waals surface area contributed by atoms with E-state index in [0.29, 0.717) is 19.3 Å². The monoisotopic (exact) mass is 324 g/mol. The van der Waals surface area contributed by atoms with Crippen LogP contribution in [0.25, 0.3) is 0 Å². The first-order valence-electron chi connectivity index (χ1n) is 8.56. The fraction of sp³-hybridized carbons (Fsp3) is 0.778. The smallest absolute Gasteiger partial charge is 0.308 e.